The van der Waals surface area contributed by atoms with Gasteiger partial charge in [0.25, 0.3) is 0 Å². The summed E-state index contributed by atoms with van der Waals surface area (Å²) < 4.78 is 28.9. The largest absolute Gasteiger partial charge is 0.479 e. The predicted octanol–water partition coefficient (Wildman–Crippen LogP) is 2.61. The van der Waals surface area contributed by atoms with Gasteiger partial charge in [0.1, 0.15) is 6.23 Å². The van der Waals surface area contributed by atoms with Crippen molar-refractivity contribution in [3.8, 4) is 22.8 Å². The Bertz CT molecular complexity index is 1160. The van der Waals surface area contributed by atoms with Gasteiger partial charge in [-0.1, -0.05) is 0 Å². The molecule has 5 rings (SSSR count). The summed E-state index contributed by atoms with van der Waals surface area (Å²) in [6.45, 7) is 4.20. The molecule has 3 atom stereocenters. The number of likely N-dealkylation sites (tertiary alicyclic amines) is 1. The second-order valence-corrected chi connectivity index (χ2v) is 9.19. The van der Waals surface area contributed by atoms with Crippen molar-refractivity contribution in [2.24, 2.45) is 5.92 Å². The molecule has 0 saturated carbocycles. The van der Waals surface area contributed by atoms with Crippen LogP contribution in [0.25, 0.3) is 16.9 Å². The highest BCUT2D eigenvalue weighted by atomic mass is 19.1. The average Bonchev–Trinajstić information content (AvgIpc) is 3.38. The Hall–Kier alpha value is -2.82. The molecule has 0 amide bonds. The van der Waals surface area contributed by atoms with E-state index in [1.54, 1.807) is 10.9 Å². The zero-order valence-corrected chi connectivity index (χ0v) is 19.8. The van der Waals surface area contributed by atoms with Crippen LogP contribution < -0.4 is 4.74 Å². The SMILES string of the molecule is COc1ncc(-n2nc(-c3cnn(C(C)C4CCC(O)N(C)C4)c3)c3c2CCOCC3)cc1F. The van der Waals surface area contributed by atoms with Gasteiger partial charge in [0, 0.05) is 36.4 Å². The van der Waals surface area contributed by atoms with E-state index in [2.05, 4.69) is 17.0 Å². The molecule has 5 heterocycles. The van der Waals surface area contributed by atoms with Crippen LogP contribution in [0.3, 0.4) is 0 Å². The van der Waals surface area contributed by atoms with Crippen molar-refractivity contribution in [2.45, 2.75) is 44.9 Å². The number of aromatic nitrogens is 5. The maximum Gasteiger partial charge on any atom is 0.250 e. The van der Waals surface area contributed by atoms with Crippen LogP contribution in [-0.2, 0) is 17.6 Å². The van der Waals surface area contributed by atoms with Crippen molar-refractivity contribution in [1.82, 2.24) is 29.4 Å². The van der Waals surface area contributed by atoms with Gasteiger partial charge in [0.05, 0.1) is 55.8 Å². The van der Waals surface area contributed by atoms with Crippen molar-refractivity contribution >= 4 is 0 Å². The highest BCUT2D eigenvalue weighted by Gasteiger charge is 2.30. The number of nitrogens with zero attached hydrogens (tertiary/aromatic N) is 6. The topological polar surface area (TPSA) is 90.5 Å². The number of rotatable bonds is 5. The molecule has 0 aromatic carbocycles. The van der Waals surface area contributed by atoms with Crippen LogP contribution in [0.15, 0.2) is 24.7 Å². The van der Waals surface area contributed by atoms with Gasteiger partial charge in [-0.15, -0.1) is 0 Å². The second kappa shape index (κ2) is 9.44. The lowest BCUT2D eigenvalue weighted by Gasteiger charge is -2.36. The van der Waals surface area contributed by atoms with Crippen molar-refractivity contribution in [3.63, 3.8) is 0 Å². The first-order valence-corrected chi connectivity index (χ1v) is 11.8. The summed E-state index contributed by atoms with van der Waals surface area (Å²) in [6.07, 6.45) is 8.23. The summed E-state index contributed by atoms with van der Waals surface area (Å²) in [5.41, 5.74) is 4.41. The lowest BCUT2D eigenvalue weighted by atomic mass is 9.91. The fourth-order valence-corrected chi connectivity index (χ4v) is 5.04. The van der Waals surface area contributed by atoms with Crippen LogP contribution >= 0.6 is 0 Å². The highest BCUT2D eigenvalue weighted by molar-refractivity contribution is 5.64. The zero-order valence-electron chi connectivity index (χ0n) is 19.8. The minimum absolute atomic E-state index is 0.0401. The number of methoxy groups -OCH3 is 1. The first-order chi connectivity index (χ1) is 16.5. The maximum atomic E-state index is 14.4. The Morgan fingerprint density at radius 1 is 1.24 bits per heavy atom. The third-order valence-electron chi connectivity index (χ3n) is 7.10. The molecule has 0 aliphatic carbocycles. The summed E-state index contributed by atoms with van der Waals surface area (Å²) in [7, 11) is 3.35. The van der Waals surface area contributed by atoms with Crippen molar-refractivity contribution in [1.29, 1.82) is 0 Å². The molecule has 2 aliphatic rings. The predicted molar refractivity (Wildman–Crippen MR) is 123 cm³/mol. The van der Waals surface area contributed by atoms with Gasteiger partial charge in [-0.3, -0.25) is 9.58 Å². The van der Waals surface area contributed by atoms with Crippen LogP contribution in [0.5, 0.6) is 5.88 Å². The Morgan fingerprint density at radius 2 is 2.06 bits per heavy atom. The van der Waals surface area contributed by atoms with E-state index in [0.717, 1.165) is 48.3 Å². The van der Waals surface area contributed by atoms with E-state index in [-0.39, 0.29) is 18.1 Å². The Balaban J connectivity index is 1.49. The van der Waals surface area contributed by atoms with Crippen LogP contribution in [0, 0.1) is 11.7 Å². The molecule has 0 radical (unpaired) electrons. The molecule has 3 aromatic heterocycles. The van der Waals surface area contributed by atoms with Gasteiger partial charge >= 0.3 is 0 Å². The molecule has 3 unspecified atom stereocenters. The number of pyridine rings is 1. The third-order valence-corrected chi connectivity index (χ3v) is 7.10. The lowest BCUT2D eigenvalue weighted by molar-refractivity contribution is -0.0327. The minimum atomic E-state index is -0.528. The molecular weight excluding hydrogens is 439 g/mol. The highest BCUT2D eigenvalue weighted by Crippen LogP contribution is 2.33. The maximum absolute atomic E-state index is 14.4. The van der Waals surface area contributed by atoms with E-state index in [1.807, 2.05) is 29.0 Å². The molecular formula is C24H31FN6O3. The Morgan fingerprint density at radius 3 is 2.82 bits per heavy atom. The number of hydrogen-bond donors (Lipinski definition) is 1. The normalized spacial score (nSPS) is 22.3. The van der Waals surface area contributed by atoms with Crippen molar-refractivity contribution < 1.29 is 19.0 Å². The molecule has 9 nitrogen and oxygen atoms in total. The number of aliphatic hydroxyl groups is 1. The fraction of sp³-hybridized carbons (Fsp3) is 0.542. The summed E-state index contributed by atoms with van der Waals surface area (Å²) >= 11 is 0. The molecule has 34 heavy (non-hydrogen) atoms. The number of fused-ring (bicyclic) bond motifs is 1. The minimum Gasteiger partial charge on any atom is -0.479 e. The van der Waals surface area contributed by atoms with Gasteiger partial charge < -0.3 is 14.6 Å². The summed E-state index contributed by atoms with van der Waals surface area (Å²) in [4.78, 5) is 6.09. The molecule has 3 aromatic rings. The van der Waals surface area contributed by atoms with Crippen molar-refractivity contribution in [3.05, 3.63) is 41.7 Å². The number of piperidine rings is 1. The van der Waals surface area contributed by atoms with E-state index in [1.165, 1.54) is 13.2 Å². The summed E-state index contributed by atoms with van der Waals surface area (Å²) in [6, 6.07) is 1.58. The Kier molecular flexibility index (Phi) is 6.37. The summed E-state index contributed by atoms with van der Waals surface area (Å²) in [5, 5.41) is 19.6. The quantitative estimate of drug-likeness (QED) is 0.613. The molecule has 1 N–H and O–H groups in total. The smallest absolute Gasteiger partial charge is 0.250 e. The molecule has 2 aliphatic heterocycles. The van der Waals surface area contributed by atoms with Gasteiger partial charge in [0.15, 0.2) is 5.82 Å². The van der Waals surface area contributed by atoms with Gasteiger partial charge in [-0.2, -0.15) is 10.2 Å². The number of aliphatic hydroxyl groups excluding tert-OH is 1. The molecule has 0 bridgehead atoms. The van der Waals surface area contributed by atoms with E-state index in [4.69, 9.17) is 14.6 Å². The average molecular weight is 471 g/mol. The standard InChI is InChI=1S/C24H31FN6O3/c1-15(16-4-5-22(32)29(2)13-16)30-14-17(11-27-30)23-19-6-8-34-9-7-21(19)31(28-23)18-10-20(25)24(33-3)26-12-18/h10-12,14-16,22,32H,4-9,13H2,1-3H3. The fourth-order valence-electron chi connectivity index (χ4n) is 5.04. The van der Waals surface area contributed by atoms with Gasteiger partial charge in [0.2, 0.25) is 5.88 Å². The van der Waals surface area contributed by atoms with Crippen molar-refractivity contribution in [2.75, 3.05) is 33.9 Å². The molecule has 0 spiro atoms. The first kappa shape index (κ1) is 22.9. The van der Waals surface area contributed by atoms with E-state index < -0.39 is 5.82 Å². The van der Waals surface area contributed by atoms with Crippen LogP contribution in [0.4, 0.5) is 4.39 Å². The molecule has 1 saturated heterocycles. The summed E-state index contributed by atoms with van der Waals surface area (Å²) in [5.74, 6) is -0.167. The monoisotopic (exact) mass is 470 g/mol. The number of halogens is 1. The zero-order chi connectivity index (χ0) is 23.8. The number of hydrogen-bond acceptors (Lipinski definition) is 7. The second-order valence-electron chi connectivity index (χ2n) is 9.19. The molecule has 182 valence electrons. The van der Waals surface area contributed by atoms with E-state index in [0.29, 0.717) is 31.2 Å². The lowest BCUT2D eigenvalue weighted by Crippen LogP contribution is -2.42. The van der Waals surface area contributed by atoms with Gasteiger partial charge in [-0.25, -0.2) is 14.1 Å². The third kappa shape index (κ3) is 4.21. The van der Waals surface area contributed by atoms with Gasteiger partial charge in [-0.05, 0) is 39.2 Å². The van der Waals surface area contributed by atoms with E-state index >= 15 is 0 Å². The first-order valence-electron chi connectivity index (χ1n) is 11.8. The van der Waals surface area contributed by atoms with E-state index in [9.17, 15) is 9.50 Å². The number of ether oxygens (including phenoxy) is 2. The Labute approximate surface area is 198 Å². The van der Waals surface area contributed by atoms with Crippen LogP contribution in [-0.4, -0.2) is 74.7 Å². The molecule has 1 fully saturated rings. The van der Waals surface area contributed by atoms with Crippen LogP contribution in [0.1, 0.15) is 37.1 Å². The van der Waals surface area contributed by atoms with Crippen LogP contribution in [0.2, 0.25) is 0 Å². The molecule has 10 heteroatoms.